The quantitative estimate of drug-likeness (QED) is 0.853. The van der Waals surface area contributed by atoms with Crippen LogP contribution in [0.4, 0.5) is 0 Å². The maximum Gasteiger partial charge on any atom is 0.217 e. The largest absolute Gasteiger partial charge is 0.496 e. The zero-order chi connectivity index (χ0) is 13.1. The molecule has 1 aromatic carbocycles. The van der Waals surface area contributed by atoms with Gasteiger partial charge in [0.05, 0.1) is 7.11 Å². The number of nitrogens with one attached hydrogen (secondary N) is 1. The van der Waals surface area contributed by atoms with Gasteiger partial charge in [-0.25, -0.2) is 0 Å². The van der Waals surface area contributed by atoms with Crippen LogP contribution in [0.3, 0.4) is 0 Å². The summed E-state index contributed by atoms with van der Waals surface area (Å²) in [5.41, 5.74) is 2.65. The monoisotopic (exact) mass is 265 g/mol. The summed E-state index contributed by atoms with van der Waals surface area (Å²) in [6, 6.07) is 4.39. The van der Waals surface area contributed by atoms with E-state index < -0.39 is 0 Å². The van der Waals surface area contributed by atoms with Crippen LogP contribution in [0.15, 0.2) is 17.0 Å². The van der Waals surface area contributed by atoms with E-state index >= 15 is 0 Å². The molecule has 98 valence electrons. The zero-order valence-corrected chi connectivity index (χ0v) is 11.9. The van der Waals surface area contributed by atoms with Gasteiger partial charge in [0.2, 0.25) is 5.91 Å². The minimum absolute atomic E-state index is 0.0448. The molecule has 1 aliphatic rings. The Morgan fingerprint density at radius 1 is 1.44 bits per heavy atom. The van der Waals surface area contributed by atoms with Gasteiger partial charge in [0, 0.05) is 23.4 Å². The second-order valence-electron chi connectivity index (χ2n) is 4.57. The van der Waals surface area contributed by atoms with E-state index in [1.807, 2.05) is 6.07 Å². The van der Waals surface area contributed by atoms with Gasteiger partial charge in [-0.05, 0) is 43.2 Å². The van der Waals surface area contributed by atoms with Gasteiger partial charge in [0.25, 0.3) is 0 Å². The third-order valence-corrected chi connectivity index (χ3v) is 4.21. The molecule has 1 unspecified atom stereocenters. The van der Waals surface area contributed by atoms with Crippen molar-refractivity contribution in [3.8, 4) is 5.75 Å². The van der Waals surface area contributed by atoms with Gasteiger partial charge in [-0.1, -0.05) is 0 Å². The summed E-state index contributed by atoms with van der Waals surface area (Å²) >= 11 is 1.77. The number of amides is 1. The molecule has 18 heavy (non-hydrogen) atoms. The number of carbonyl (C=O) groups is 1. The first kappa shape index (κ1) is 13.3. The second kappa shape index (κ2) is 5.65. The third-order valence-electron chi connectivity index (χ3n) is 3.39. The van der Waals surface area contributed by atoms with Crippen molar-refractivity contribution in [1.82, 2.24) is 5.32 Å². The number of hydrogen-bond donors (Lipinski definition) is 1. The molecule has 0 heterocycles. The van der Waals surface area contributed by atoms with Crippen molar-refractivity contribution in [2.24, 2.45) is 0 Å². The minimum atomic E-state index is 0.0448. The van der Waals surface area contributed by atoms with Crippen LogP contribution >= 0.6 is 11.8 Å². The Bertz CT molecular complexity index is 459. The molecule has 1 aromatic rings. The summed E-state index contributed by atoms with van der Waals surface area (Å²) in [7, 11) is 1.70. The molecule has 0 radical (unpaired) electrons. The van der Waals surface area contributed by atoms with E-state index in [2.05, 4.69) is 17.6 Å². The van der Waals surface area contributed by atoms with Crippen LogP contribution in [0.5, 0.6) is 5.75 Å². The Labute approximate surface area is 112 Å². The van der Waals surface area contributed by atoms with Crippen molar-refractivity contribution >= 4 is 17.7 Å². The molecular weight excluding hydrogens is 246 g/mol. The van der Waals surface area contributed by atoms with Crippen LogP contribution in [0.25, 0.3) is 0 Å². The van der Waals surface area contributed by atoms with Crippen LogP contribution in [0.1, 0.15) is 24.5 Å². The fourth-order valence-electron chi connectivity index (χ4n) is 2.61. The summed E-state index contributed by atoms with van der Waals surface area (Å²) in [5, 5.41) is 3.01. The van der Waals surface area contributed by atoms with Crippen LogP contribution in [0.2, 0.25) is 0 Å². The van der Waals surface area contributed by atoms with Crippen molar-refractivity contribution in [3.63, 3.8) is 0 Å². The summed E-state index contributed by atoms with van der Waals surface area (Å²) in [4.78, 5) is 12.5. The molecule has 4 heteroatoms. The van der Waals surface area contributed by atoms with Crippen LogP contribution in [-0.4, -0.2) is 25.3 Å². The van der Waals surface area contributed by atoms with E-state index in [1.54, 1.807) is 25.8 Å². The van der Waals surface area contributed by atoms with Crippen LogP contribution < -0.4 is 10.1 Å². The predicted octanol–water partition coefficient (Wildman–Crippen LogP) is 2.41. The summed E-state index contributed by atoms with van der Waals surface area (Å²) in [6.45, 7) is 1.57. The number of carbonyl (C=O) groups excluding carboxylic acids is 1. The maximum absolute atomic E-state index is 11.2. The third kappa shape index (κ3) is 2.64. The van der Waals surface area contributed by atoms with Crippen molar-refractivity contribution in [1.29, 1.82) is 0 Å². The van der Waals surface area contributed by atoms with Gasteiger partial charge in [-0.3, -0.25) is 4.79 Å². The molecule has 1 aliphatic carbocycles. The van der Waals surface area contributed by atoms with E-state index in [4.69, 9.17) is 4.74 Å². The maximum atomic E-state index is 11.2. The molecule has 3 nitrogen and oxygen atoms in total. The first-order chi connectivity index (χ1) is 8.65. The van der Waals surface area contributed by atoms with Crippen molar-refractivity contribution in [2.45, 2.75) is 37.1 Å². The number of ether oxygens (including phenoxy) is 1. The number of fused-ring (bicyclic) bond motifs is 1. The van der Waals surface area contributed by atoms with E-state index in [-0.39, 0.29) is 11.9 Å². The van der Waals surface area contributed by atoms with Crippen molar-refractivity contribution in [2.75, 3.05) is 13.4 Å². The lowest BCUT2D eigenvalue weighted by molar-refractivity contribution is -0.119. The van der Waals surface area contributed by atoms with Gasteiger partial charge in [-0.2, -0.15) is 0 Å². The summed E-state index contributed by atoms with van der Waals surface area (Å²) in [5.74, 6) is 0.987. The number of benzene rings is 1. The molecular formula is C14H19NO2S. The molecule has 1 amide bonds. The second-order valence-corrected chi connectivity index (χ2v) is 5.42. The lowest BCUT2D eigenvalue weighted by atomic mass is 9.87. The van der Waals surface area contributed by atoms with Gasteiger partial charge in [-0.15, -0.1) is 11.8 Å². The summed E-state index contributed by atoms with van der Waals surface area (Å²) < 4.78 is 5.44. The average molecular weight is 265 g/mol. The van der Waals surface area contributed by atoms with E-state index in [1.165, 1.54) is 16.0 Å². The van der Waals surface area contributed by atoms with Gasteiger partial charge in [0.15, 0.2) is 0 Å². The van der Waals surface area contributed by atoms with Crippen LogP contribution in [-0.2, 0) is 17.6 Å². The number of rotatable bonds is 3. The molecule has 0 saturated heterocycles. The Balaban J connectivity index is 2.31. The Hall–Kier alpha value is -1.16. The van der Waals surface area contributed by atoms with Gasteiger partial charge in [0.1, 0.15) is 5.75 Å². The van der Waals surface area contributed by atoms with Crippen molar-refractivity contribution < 1.29 is 9.53 Å². The SMILES string of the molecule is COc1ccc(SC)c2c1CC(NC(C)=O)CC2. The topological polar surface area (TPSA) is 38.3 Å². The molecule has 0 saturated carbocycles. The number of methoxy groups -OCH3 is 1. The Morgan fingerprint density at radius 3 is 2.83 bits per heavy atom. The highest BCUT2D eigenvalue weighted by molar-refractivity contribution is 7.98. The van der Waals surface area contributed by atoms with E-state index in [9.17, 15) is 4.79 Å². The normalized spacial score (nSPS) is 18.1. The molecule has 2 rings (SSSR count). The molecule has 0 aromatic heterocycles. The first-order valence-corrected chi connectivity index (χ1v) is 7.38. The van der Waals surface area contributed by atoms with Crippen molar-refractivity contribution in [3.05, 3.63) is 23.3 Å². The molecule has 0 bridgehead atoms. The highest BCUT2D eigenvalue weighted by atomic mass is 32.2. The molecule has 1 N–H and O–H groups in total. The molecule has 0 spiro atoms. The van der Waals surface area contributed by atoms with E-state index in [0.29, 0.717) is 0 Å². The molecule has 1 atom stereocenters. The fraction of sp³-hybridized carbons (Fsp3) is 0.500. The predicted molar refractivity (Wildman–Crippen MR) is 74.4 cm³/mol. The Kier molecular flexibility index (Phi) is 4.17. The standard InChI is InChI=1S/C14H19NO2S/c1-9(16)15-10-4-5-11-12(8-10)13(17-2)6-7-14(11)18-3/h6-7,10H,4-5,8H2,1-3H3,(H,15,16). The van der Waals surface area contributed by atoms with E-state index in [0.717, 1.165) is 25.0 Å². The smallest absolute Gasteiger partial charge is 0.217 e. The average Bonchev–Trinajstić information content (AvgIpc) is 2.36. The van der Waals surface area contributed by atoms with Crippen LogP contribution in [0, 0.1) is 0 Å². The Morgan fingerprint density at radius 2 is 2.22 bits per heavy atom. The zero-order valence-electron chi connectivity index (χ0n) is 11.1. The minimum Gasteiger partial charge on any atom is -0.496 e. The van der Waals surface area contributed by atoms with Gasteiger partial charge >= 0.3 is 0 Å². The van der Waals surface area contributed by atoms with Gasteiger partial charge < -0.3 is 10.1 Å². The number of hydrogen-bond acceptors (Lipinski definition) is 3. The fourth-order valence-corrected chi connectivity index (χ4v) is 3.28. The molecule has 0 aliphatic heterocycles. The highest BCUT2D eigenvalue weighted by Crippen LogP contribution is 2.35. The lowest BCUT2D eigenvalue weighted by Gasteiger charge is -2.28. The summed E-state index contributed by atoms with van der Waals surface area (Å²) in [6.07, 6.45) is 4.98. The lowest BCUT2D eigenvalue weighted by Crippen LogP contribution is -2.37. The highest BCUT2D eigenvalue weighted by Gasteiger charge is 2.24. The first-order valence-electron chi connectivity index (χ1n) is 6.15. The number of thioether (sulfide) groups is 1. The molecule has 0 fully saturated rings.